The summed E-state index contributed by atoms with van der Waals surface area (Å²) in [5, 5.41) is 10.3. The van der Waals surface area contributed by atoms with E-state index in [9.17, 15) is 9.59 Å². The number of hydrogen-bond donors (Lipinski definition) is 2. The van der Waals surface area contributed by atoms with Gasteiger partial charge in [-0.1, -0.05) is 0 Å². The highest BCUT2D eigenvalue weighted by atomic mass is 16.2. The van der Waals surface area contributed by atoms with Crippen LogP contribution in [0.3, 0.4) is 0 Å². The Balaban J connectivity index is 1.39. The average molecular weight is 348 g/mol. The van der Waals surface area contributed by atoms with Crippen molar-refractivity contribution in [2.24, 2.45) is 7.05 Å². The van der Waals surface area contributed by atoms with Gasteiger partial charge in [0.25, 0.3) is 0 Å². The third-order valence-electron chi connectivity index (χ3n) is 5.21. The first-order valence-corrected chi connectivity index (χ1v) is 9.07. The van der Waals surface area contributed by atoms with Gasteiger partial charge in [0.05, 0.1) is 12.2 Å². The van der Waals surface area contributed by atoms with Gasteiger partial charge in [-0.3, -0.25) is 14.4 Å². The quantitative estimate of drug-likeness (QED) is 0.818. The van der Waals surface area contributed by atoms with Crippen LogP contribution in [0.25, 0.3) is 0 Å². The van der Waals surface area contributed by atoms with Crippen molar-refractivity contribution in [1.82, 2.24) is 30.2 Å². The van der Waals surface area contributed by atoms with E-state index in [0.29, 0.717) is 6.54 Å². The summed E-state index contributed by atoms with van der Waals surface area (Å²) >= 11 is 0. The molecular weight excluding hydrogens is 320 g/mol. The van der Waals surface area contributed by atoms with Crippen molar-refractivity contribution in [3.8, 4) is 0 Å². The molecule has 1 aromatic heterocycles. The molecule has 1 aromatic rings. The molecular formula is C17H28N6O2. The number of amides is 3. The van der Waals surface area contributed by atoms with Gasteiger partial charge in [0.2, 0.25) is 5.91 Å². The smallest absolute Gasteiger partial charge is 0.315 e. The highest BCUT2D eigenvalue weighted by Gasteiger charge is 2.24. The highest BCUT2D eigenvalue weighted by molar-refractivity contribution is 5.74. The lowest BCUT2D eigenvalue weighted by atomic mass is 9.93. The number of aromatic nitrogens is 2. The van der Waals surface area contributed by atoms with Gasteiger partial charge in [0.1, 0.15) is 0 Å². The van der Waals surface area contributed by atoms with Crippen LogP contribution in [0.4, 0.5) is 4.79 Å². The summed E-state index contributed by atoms with van der Waals surface area (Å²) in [5.74, 6) is 0.138. The fourth-order valence-corrected chi connectivity index (χ4v) is 3.68. The van der Waals surface area contributed by atoms with Crippen molar-refractivity contribution in [3.05, 3.63) is 17.5 Å². The van der Waals surface area contributed by atoms with Gasteiger partial charge in [-0.2, -0.15) is 5.10 Å². The normalized spacial score (nSPS) is 20.9. The van der Waals surface area contributed by atoms with E-state index in [2.05, 4.69) is 20.6 Å². The average Bonchev–Trinajstić information content (AvgIpc) is 2.98. The van der Waals surface area contributed by atoms with E-state index < -0.39 is 0 Å². The number of fused-ring (bicyclic) bond motifs is 1. The molecule has 0 spiro atoms. The molecule has 8 nitrogen and oxygen atoms in total. The molecule has 2 aliphatic rings. The Kier molecular flexibility index (Phi) is 5.57. The Morgan fingerprint density at radius 2 is 2.04 bits per heavy atom. The Labute approximate surface area is 148 Å². The van der Waals surface area contributed by atoms with Crippen LogP contribution < -0.4 is 10.6 Å². The van der Waals surface area contributed by atoms with Crippen LogP contribution in [0, 0.1) is 0 Å². The minimum absolute atomic E-state index is 0.0524. The minimum Gasteiger partial charge on any atom is -0.340 e. The number of nitrogens with one attached hydrogen (secondary N) is 2. The number of carbonyl (C=O) groups excluding carboxylic acids is 2. The SMILES string of the molecule is CC(=O)N1CCN(CCNC(=O)N[C@H]2CCCc3c2cnn3C)CC1. The van der Waals surface area contributed by atoms with Crippen LogP contribution in [-0.4, -0.2) is 70.8 Å². The summed E-state index contributed by atoms with van der Waals surface area (Å²) in [6.07, 6.45) is 4.92. The molecule has 1 aliphatic heterocycles. The van der Waals surface area contributed by atoms with Gasteiger partial charge >= 0.3 is 6.03 Å². The van der Waals surface area contributed by atoms with Crippen molar-refractivity contribution in [2.75, 3.05) is 39.3 Å². The molecule has 1 aliphatic carbocycles. The molecule has 1 atom stereocenters. The molecule has 2 heterocycles. The lowest BCUT2D eigenvalue weighted by Crippen LogP contribution is -2.50. The van der Waals surface area contributed by atoms with Gasteiger partial charge in [-0.15, -0.1) is 0 Å². The van der Waals surface area contributed by atoms with E-state index in [1.165, 1.54) is 5.69 Å². The van der Waals surface area contributed by atoms with E-state index in [0.717, 1.165) is 57.5 Å². The van der Waals surface area contributed by atoms with E-state index in [4.69, 9.17) is 0 Å². The molecule has 0 saturated carbocycles. The number of nitrogens with zero attached hydrogens (tertiary/aromatic N) is 4. The first kappa shape index (κ1) is 17.7. The largest absolute Gasteiger partial charge is 0.340 e. The van der Waals surface area contributed by atoms with Crippen LogP contribution >= 0.6 is 0 Å². The zero-order valence-corrected chi connectivity index (χ0v) is 15.1. The molecule has 25 heavy (non-hydrogen) atoms. The molecule has 1 fully saturated rings. The number of rotatable bonds is 4. The maximum absolute atomic E-state index is 12.2. The van der Waals surface area contributed by atoms with Crippen molar-refractivity contribution in [3.63, 3.8) is 0 Å². The standard InChI is InChI=1S/C17H28N6O2/c1-13(24)23-10-8-22(9-11-23)7-6-18-17(25)20-15-4-3-5-16-14(15)12-19-21(16)2/h12,15H,3-11H2,1-2H3,(H2,18,20,25)/t15-/m0/s1. The van der Waals surface area contributed by atoms with Crippen LogP contribution in [0.1, 0.15) is 37.1 Å². The van der Waals surface area contributed by atoms with E-state index in [1.54, 1.807) is 6.92 Å². The van der Waals surface area contributed by atoms with Crippen molar-refractivity contribution in [2.45, 2.75) is 32.2 Å². The zero-order chi connectivity index (χ0) is 17.8. The number of carbonyl (C=O) groups is 2. The minimum atomic E-state index is -0.121. The number of aryl methyl sites for hydroxylation is 1. The summed E-state index contributed by atoms with van der Waals surface area (Å²) in [5.41, 5.74) is 2.36. The van der Waals surface area contributed by atoms with Crippen molar-refractivity contribution < 1.29 is 9.59 Å². The lowest BCUT2D eigenvalue weighted by molar-refractivity contribution is -0.130. The molecule has 3 amide bonds. The van der Waals surface area contributed by atoms with E-state index >= 15 is 0 Å². The van der Waals surface area contributed by atoms with Crippen LogP contribution in [0.15, 0.2) is 6.20 Å². The third-order valence-corrected chi connectivity index (χ3v) is 5.21. The second-order valence-corrected chi connectivity index (χ2v) is 6.86. The van der Waals surface area contributed by atoms with Gasteiger partial charge in [-0.05, 0) is 19.3 Å². The van der Waals surface area contributed by atoms with E-state index in [-0.39, 0.29) is 18.0 Å². The fourth-order valence-electron chi connectivity index (χ4n) is 3.68. The molecule has 0 bridgehead atoms. The Morgan fingerprint density at radius 1 is 1.28 bits per heavy atom. The fraction of sp³-hybridized carbons (Fsp3) is 0.706. The topological polar surface area (TPSA) is 82.5 Å². The number of piperazine rings is 1. The summed E-state index contributed by atoms with van der Waals surface area (Å²) in [7, 11) is 1.95. The molecule has 3 rings (SSSR count). The highest BCUT2D eigenvalue weighted by Crippen LogP contribution is 2.28. The second-order valence-electron chi connectivity index (χ2n) is 6.86. The van der Waals surface area contributed by atoms with Gasteiger partial charge in [0, 0.05) is 64.5 Å². The van der Waals surface area contributed by atoms with Gasteiger partial charge < -0.3 is 15.5 Å². The van der Waals surface area contributed by atoms with Crippen LogP contribution in [0.2, 0.25) is 0 Å². The monoisotopic (exact) mass is 348 g/mol. The second kappa shape index (κ2) is 7.86. The van der Waals surface area contributed by atoms with Gasteiger partial charge in [0.15, 0.2) is 0 Å². The predicted octanol–water partition coefficient (Wildman–Crippen LogP) is 0.261. The van der Waals surface area contributed by atoms with Crippen LogP contribution in [0.5, 0.6) is 0 Å². The Bertz CT molecular complexity index is 621. The summed E-state index contributed by atoms with van der Waals surface area (Å²) in [6, 6.07) is -0.0689. The Morgan fingerprint density at radius 3 is 2.76 bits per heavy atom. The lowest BCUT2D eigenvalue weighted by Gasteiger charge is -2.34. The molecule has 138 valence electrons. The zero-order valence-electron chi connectivity index (χ0n) is 15.1. The summed E-state index contributed by atoms with van der Waals surface area (Å²) < 4.78 is 1.90. The number of urea groups is 1. The summed E-state index contributed by atoms with van der Waals surface area (Å²) in [4.78, 5) is 27.7. The first-order chi connectivity index (χ1) is 12.0. The van der Waals surface area contributed by atoms with E-state index in [1.807, 2.05) is 22.8 Å². The molecule has 8 heteroatoms. The van der Waals surface area contributed by atoms with Crippen molar-refractivity contribution >= 4 is 11.9 Å². The predicted molar refractivity (Wildman–Crippen MR) is 94.1 cm³/mol. The van der Waals surface area contributed by atoms with Crippen LogP contribution in [-0.2, 0) is 18.3 Å². The molecule has 0 radical (unpaired) electrons. The number of hydrogen-bond acceptors (Lipinski definition) is 4. The molecule has 2 N–H and O–H groups in total. The maximum atomic E-state index is 12.2. The first-order valence-electron chi connectivity index (χ1n) is 9.07. The molecule has 0 aromatic carbocycles. The van der Waals surface area contributed by atoms with Gasteiger partial charge in [-0.25, -0.2) is 4.79 Å². The van der Waals surface area contributed by atoms with Crippen molar-refractivity contribution in [1.29, 1.82) is 0 Å². The third kappa shape index (κ3) is 4.31. The molecule has 1 saturated heterocycles. The summed E-state index contributed by atoms with van der Waals surface area (Å²) in [6.45, 7) is 6.30. The maximum Gasteiger partial charge on any atom is 0.315 e. The molecule has 0 unspecified atom stereocenters. The Hall–Kier alpha value is -2.09.